The number of nitrogens with one attached hydrogen (secondary N) is 1. The standard InChI is InChI=1S/C11H13N5O/c1-2-3-11(17)15-9-6-10(14-7-13-9)16-5-4-12-8-16/h4-8H,2-3H2,1H3,(H,13,14,15,17). The number of carbonyl (C=O) groups is 1. The molecule has 17 heavy (non-hydrogen) atoms. The van der Waals surface area contributed by atoms with Gasteiger partial charge in [-0.25, -0.2) is 15.0 Å². The van der Waals surface area contributed by atoms with E-state index in [1.54, 1.807) is 29.4 Å². The van der Waals surface area contributed by atoms with Crippen molar-refractivity contribution in [3.63, 3.8) is 0 Å². The van der Waals surface area contributed by atoms with Crippen LogP contribution in [-0.4, -0.2) is 25.4 Å². The summed E-state index contributed by atoms with van der Waals surface area (Å²) >= 11 is 0. The summed E-state index contributed by atoms with van der Waals surface area (Å²) in [5.74, 6) is 1.13. The molecular formula is C11H13N5O. The first-order valence-electron chi connectivity index (χ1n) is 5.40. The molecular weight excluding hydrogens is 218 g/mol. The number of rotatable bonds is 4. The summed E-state index contributed by atoms with van der Waals surface area (Å²) in [5, 5.41) is 2.72. The van der Waals surface area contributed by atoms with Gasteiger partial charge in [-0.2, -0.15) is 0 Å². The Bertz CT molecular complexity index is 494. The molecule has 6 nitrogen and oxygen atoms in total. The number of anilines is 1. The fourth-order valence-electron chi connectivity index (χ4n) is 1.38. The summed E-state index contributed by atoms with van der Waals surface area (Å²) in [4.78, 5) is 23.4. The van der Waals surface area contributed by atoms with E-state index < -0.39 is 0 Å². The van der Waals surface area contributed by atoms with Gasteiger partial charge in [0.2, 0.25) is 5.91 Å². The summed E-state index contributed by atoms with van der Waals surface area (Å²) in [5.41, 5.74) is 0. The molecule has 0 spiro atoms. The van der Waals surface area contributed by atoms with Crippen molar-refractivity contribution in [1.82, 2.24) is 19.5 Å². The third-order valence-corrected chi connectivity index (χ3v) is 2.17. The predicted molar refractivity (Wildman–Crippen MR) is 62.7 cm³/mol. The number of hydrogen-bond acceptors (Lipinski definition) is 4. The second-order valence-corrected chi connectivity index (χ2v) is 3.53. The van der Waals surface area contributed by atoms with E-state index in [1.807, 2.05) is 6.92 Å². The smallest absolute Gasteiger partial charge is 0.225 e. The van der Waals surface area contributed by atoms with E-state index in [2.05, 4.69) is 20.3 Å². The van der Waals surface area contributed by atoms with Crippen LogP contribution in [-0.2, 0) is 4.79 Å². The molecule has 2 rings (SSSR count). The number of nitrogens with zero attached hydrogens (tertiary/aromatic N) is 4. The highest BCUT2D eigenvalue weighted by Gasteiger charge is 2.04. The van der Waals surface area contributed by atoms with Gasteiger partial charge >= 0.3 is 0 Å². The monoisotopic (exact) mass is 231 g/mol. The van der Waals surface area contributed by atoms with E-state index in [-0.39, 0.29) is 5.91 Å². The van der Waals surface area contributed by atoms with E-state index in [0.29, 0.717) is 18.1 Å². The van der Waals surface area contributed by atoms with Gasteiger partial charge < -0.3 is 5.32 Å². The van der Waals surface area contributed by atoms with Crippen LogP contribution in [0, 0.1) is 0 Å². The minimum atomic E-state index is -0.0391. The second-order valence-electron chi connectivity index (χ2n) is 3.53. The Morgan fingerprint density at radius 2 is 2.35 bits per heavy atom. The van der Waals surface area contributed by atoms with Crippen molar-refractivity contribution in [1.29, 1.82) is 0 Å². The second kappa shape index (κ2) is 5.20. The average molecular weight is 231 g/mol. The SMILES string of the molecule is CCCC(=O)Nc1cc(-n2ccnc2)ncn1. The van der Waals surface area contributed by atoms with Crippen LogP contribution in [0.5, 0.6) is 0 Å². The number of amides is 1. The predicted octanol–water partition coefficient (Wildman–Crippen LogP) is 1.40. The van der Waals surface area contributed by atoms with E-state index in [0.717, 1.165) is 6.42 Å². The maximum absolute atomic E-state index is 11.4. The van der Waals surface area contributed by atoms with Crippen LogP contribution >= 0.6 is 0 Å². The number of aromatic nitrogens is 4. The Morgan fingerprint density at radius 1 is 1.47 bits per heavy atom. The Labute approximate surface area is 98.7 Å². The minimum Gasteiger partial charge on any atom is -0.311 e. The van der Waals surface area contributed by atoms with Crippen LogP contribution in [0.3, 0.4) is 0 Å². The van der Waals surface area contributed by atoms with E-state index >= 15 is 0 Å². The molecule has 0 fully saturated rings. The van der Waals surface area contributed by atoms with Gasteiger partial charge in [0.25, 0.3) is 0 Å². The highest BCUT2D eigenvalue weighted by atomic mass is 16.1. The van der Waals surface area contributed by atoms with Gasteiger partial charge in [-0.05, 0) is 6.42 Å². The highest BCUT2D eigenvalue weighted by Crippen LogP contribution is 2.08. The molecule has 0 atom stereocenters. The van der Waals surface area contributed by atoms with Crippen molar-refractivity contribution in [2.24, 2.45) is 0 Å². The van der Waals surface area contributed by atoms with E-state index in [4.69, 9.17) is 0 Å². The normalized spacial score (nSPS) is 10.2. The number of carbonyl (C=O) groups excluding carboxylic acids is 1. The Balaban J connectivity index is 2.15. The lowest BCUT2D eigenvalue weighted by atomic mass is 10.3. The molecule has 2 heterocycles. The van der Waals surface area contributed by atoms with E-state index in [9.17, 15) is 4.79 Å². The molecule has 0 radical (unpaired) electrons. The van der Waals surface area contributed by atoms with Crippen LogP contribution in [0.4, 0.5) is 5.82 Å². The first kappa shape index (κ1) is 11.3. The van der Waals surface area contributed by atoms with Gasteiger partial charge in [0.1, 0.15) is 24.3 Å². The fraction of sp³-hybridized carbons (Fsp3) is 0.273. The van der Waals surface area contributed by atoms with Gasteiger partial charge in [0.05, 0.1) is 0 Å². The summed E-state index contributed by atoms with van der Waals surface area (Å²) in [6, 6.07) is 1.70. The van der Waals surface area contributed by atoms with Crippen molar-refractivity contribution in [2.75, 3.05) is 5.32 Å². The van der Waals surface area contributed by atoms with Crippen molar-refractivity contribution >= 4 is 11.7 Å². The van der Waals surface area contributed by atoms with Crippen molar-refractivity contribution in [3.05, 3.63) is 31.1 Å². The van der Waals surface area contributed by atoms with Crippen molar-refractivity contribution in [2.45, 2.75) is 19.8 Å². The zero-order chi connectivity index (χ0) is 12.1. The lowest BCUT2D eigenvalue weighted by molar-refractivity contribution is -0.116. The van der Waals surface area contributed by atoms with Crippen molar-refractivity contribution in [3.8, 4) is 5.82 Å². The van der Waals surface area contributed by atoms with Crippen LogP contribution in [0.25, 0.3) is 5.82 Å². The van der Waals surface area contributed by atoms with E-state index in [1.165, 1.54) is 6.33 Å². The molecule has 0 saturated carbocycles. The first-order chi connectivity index (χ1) is 8.29. The summed E-state index contributed by atoms with van der Waals surface area (Å²) in [6.45, 7) is 1.95. The third kappa shape index (κ3) is 2.87. The number of imidazole rings is 1. The van der Waals surface area contributed by atoms with Gasteiger partial charge in [0, 0.05) is 24.9 Å². The van der Waals surface area contributed by atoms with Crippen LogP contribution in [0.15, 0.2) is 31.1 Å². The van der Waals surface area contributed by atoms with Gasteiger partial charge in [-0.3, -0.25) is 9.36 Å². The number of hydrogen-bond donors (Lipinski definition) is 1. The fourth-order valence-corrected chi connectivity index (χ4v) is 1.38. The summed E-state index contributed by atoms with van der Waals surface area (Å²) in [7, 11) is 0. The average Bonchev–Trinajstić information content (AvgIpc) is 2.83. The quantitative estimate of drug-likeness (QED) is 0.863. The van der Waals surface area contributed by atoms with Gasteiger partial charge in [-0.1, -0.05) is 6.92 Å². The molecule has 2 aromatic heterocycles. The Hall–Kier alpha value is -2.24. The molecule has 6 heteroatoms. The molecule has 1 N–H and O–H groups in total. The zero-order valence-electron chi connectivity index (χ0n) is 9.50. The highest BCUT2D eigenvalue weighted by molar-refractivity contribution is 5.89. The Kier molecular flexibility index (Phi) is 3.44. The van der Waals surface area contributed by atoms with Crippen LogP contribution in [0.2, 0.25) is 0 Å². The zero-order valence-corrected chi connectivity index (χ0v) is 9.50. The molecule has 0 saturated heterocycles. The van der Waals surface area contributed by atoms with Crippen LogP contribution < -0.4 is 5.32 Å². The molecule has 0 aliphatic heterocycles. The van der Waals surface area contributed by atoms with Gasteiger partial charge in [0.15, 0.2) is 0 Å². The molecule has 0 aromatic carbocycles. The molecule has 0 aliphatic rings. The lowest BCUT2D eigenvalue weighted by Gasteiger charge is -2.05. The minimum absolute atomic E-state index is 0.0391. The topological polar surface area (TPSA) is 72.7 Å². The molecule has 0 aliphatic carbocycles. The summed E-state index contributed by atoms with van der Waals surface area (Å²) < 4.78 is 1.75. The molecule has 0 unspecified atom stereocenters. The third-order valence-electron chi connectivity index (χ3n) is 2.17. The molecule has 2 aromatic rings. The van der Waals surface area contributed by atoms with Crippen molar-refractivity contribution < 1.29 is 4.79 Å². The lowest BCUT2D eigenvalue weighted by Crippen LogP contribution is -2.12. The largest absolute Gasteiger partial charge is 0.311 e. The maximum atomic E-state index is 11.4. The molecule has 1 amide bonds. The van der Waals surface area contributed by atoms with Crippen LogP contribution in [0.1, 0.15) is 19.8 Å². The Morgan fingerprint density at radius 3 is 3.06 bits per heavy atom. The molecule has 88 valence electrons. The van der Waals surface area contributed by atoms with Gasteiger partial charge in [-0.15, -0.1) is 0 Å². The maximum Gasteiger partial charge on any atom is 0.225 e. The summed E-state index contributed by atoms with van der Waals surface area (Å²) in [6.07, 6.45) is 7.80. The first-order valence-corrected chi connectivity index (χ1v) is 5.40. The molecule has 0 bridgehead atoms.